The van der Waals surface area contributed by atoms with Crippen molar-refractivity contribution in [3.63, 3.8) is 0 Å². The van der Waals surface area contributed by atoms with Crippen molar-refractivity contribution >= 4 is 45.9 Å². The summed E-state index contributed by atoms with van der Waals surface area (Å²) in [5.74, 6) is 0.548. The zero-order valence-electron chi connectivity index (χ0n) is 17.9. The van der Waals surface area contributed by atoms with E-state index in [9.17, 15) is 9.59 Å². The number of benzene rings is 3. The van der Waals surface area contributed by atoms with Crippen LogP contribution in [-0.2, 0) is 9.59 Å². The van der Waals surface area contributed by atoms with Crippen molar-refractivity contribution < 1.29 is 14.3 Å². The highest BCUT2D eigenvalue weighted by Crippen LogP contribution is 2.34. The lowest BCUT2D eigenvalue weighted by molar-refractivity contribution is -0.120. The number of carbonyl (C=O) groups is 2. The summed E-state index contributed by atoms with van der Waals surface area (Å²) in [6.07, 6.45) is 0. The molecule has 0 aliphatic carbocycles. The molecule has 2 amide bonds. The highest BCUT2D eigenvalue weighted by atomic mass is 32.2. The van der Waals surface area contributed by atoms with Gasteiger partial charge >= 0.3 is 0 Å². The molecule has 6 nitrogen and oxygen atoms in total. The summed E-state index contributed by atoms with van der Waals surface area (Å²) in [5.41, 5.74) is 4.28. The molecule has 0 radical (unpaired) electrons. The number of hydrogen-bond donors (Lipinski definition) is 1. The van der Waals surface area contributed by atoms with Gasteiger partial charge in [0.1, 0.15) is 12.3 Å². The van der Waals surface area contributed by atoms with Gasteiger partial charge in [0.05, 0.1) is 34.8 Å². The fraction of sp³-hybridized carbons (Fsp3) is 0.115. The Morgan fingerprint density at radius 2 is 1.85 bits per heavy atom. The summed E-state index contributed by atoms with van der Waals surface area (Å²) < 4.78 is 5.38. The van der Waals surface area contributed by atoms with Gasteiger partial charge in [-0.15, -0.1) is 0 Å². The Bertz CT molecular complexity index is 1360. The number of ether oxygens (including phenoxy) is 1. The Hall–Kier alpha value is -3.84. The fourth-order valence-electron chi connectivity index (χ4n) is 3.91. The highest BCUT2D eigenvalue weighted by Gasteiger charge is 2.26. The normalized spacial score (nSPS) is 12.9. The van der Waals surface area contributed by atoms with Crippen LogP contribution in [0.15, 0.2) is 83.9 Å². The number of carbonyl (C=O) groups excluding carboxylic acids is 2. The Morgan fingerprint density at radius 1 is 1.06 bits per heavy atom. The number of aromatic nitrogens is 1. The smallest absolute Gasteiger partial charge is 0.244 e. The number of anilines is 2. The molecule has 0 unspecified atom stereocenters. The second-order valence-corrected chi connectivity index (χ2v) is 8.59. The zero-order chi connectivity index (χ0) is 22.8. The number of para-hydroxylation sites is 2. The molecule has 33 heavy (non-hydrogen) atoms. The lowest BCUT2D eigenvalue weighted by atomic mass is 10.0. The molecule has 0 saturated heterocycles. The minimum atomic E-state index is -0.200. The summed E-state index contributed by atoms with van der Waals surface area (Å²) in [4.78, 5) is 31.5. The van der Waals surface area contributed by atoms with E-state index in [4.69, 9.17) is 9.72 Å². The molecule has 0 fully saturated rings. The van der Waals surface area contributed by atoms with E-state index in [1.165, 1.54) is 16.7 Å². The summed E-state index contributed by atoms with van der Waals surface area (Å²) >= 11 is 1.36. The van der Waals surface area contributed by atoms with Gasteiger partial charge in [-0.2, -0.15) is 0 Å². The molecule has 4 aromatic rings. The zero-order valence-corrected chi connectivity index (χ0v) is 18.8. The van der Waals surface area contributed by atoms with E-state index < -0.39 is 0 Å². The third kappa shape index (κ3) is 4.27. The first-order valence-electron chi connectivity index (χ1n) is 10.5. The van der Waals surface area contributed by atoms with Crippen LogP contribution in [0.1, 0.15) is 0 Å². The molecular weight excluding hydrogens is 434 g/mol. The van der Waals surface area contributed by atoms with E-state index >= 15 is 0 Å². The number of thioether (sulfide) groups is 1. The third-order valence-electron chi connectivity index (χ3n) is 5.49. The van der Waals surface area contributed by atoms with Crippen molar-refractivity contribution in [3.05, 3.63) is 78.9 Å². The lowest BCUT2D eigenvalue weighted by Crippen LogP contribution is -2.43. The minimum absolute atomic E-state index is 0.00796. The summed E-state index contributed by atoms with van der Waals surface area (Å²) in [5, 5.41) is 4.56. The Balaban J connectivity index is 1.46. The molecule has 7 heteroatoms. The van der Waals surface area contributed by atoms with Gasteiger partial charge in [-0.1, -0.05) is 54.2 Å². The van der Waals surface area contributed by atoms with Gasteiger partial charge in [-0.05, 0) is 41.5 Å². The van der Waals surface area contributed by atoms with Gasteiger partial charge in [-0.25, -0.2) is 4.98 Å². The number of pyridine rings is 1. The van der Waals surface area contributed by atoms with Crippen LogP contribution in [0.4, 0.5) is 11.4 Å². The van der Waals surface area contributed by atoms with E-state index in [1.807, 2.05) is 60.7 Å². The first-order chi connectivity index (χ1) is 16.1. The van der Waals surface area contributed by atoms with Crippen molar-refractivity contribution in [2.75, 3.05) is 29.6 Å². The average Bonchev–Trinajstić information content (AvgIpc) is 2.86. The van der Waals surface area contributed by atoms with Crippen molar-refractivity contribution in [1.29, 1.82) is 0 Å². The average molecular weight is 456 g/mol. The minimum Gasteiger partial charge on any atom is -0.497 e. The van der Waals surface area contributed by atoms with Crippen LogP contribution in [0.5, 0.6) is 5.75 Å². The van der Waals surface area contributed by atoms with Crippen molar-refractivity contribution in [2.24, 2.45) is 0 Å². The molecule has 3 aromatic carbocycles. The predicted molar refractivity (Wildman–Crippen MR) is 132 cm³/mol. The second kappa shape index (κ2) is 8.96. The SMILES string of the molecule is COc1ccc2c(-c3ccccc3)cc(SCC(=O)N3CC(=O)Nc4ccccc43)nc2c1. The Labute approximate surface area is 195 Å². The van der Waals surface area contributed by atoms with E-state index in [0.29, 0.717) is 11.4 Å². The summed E-state index contributed by atoms with van der Waals surface area (Å²) in [7, 11) is 1.63. The summed E-state index contributed by atoms with van der Waals surface area (Å²) in [6, 6.07) is 25.3. The molecule has 1 aromatic heterocycles. The van der Waals surface area contributed by atoms with Crippen molar-refractivity contribution in [3.8, 4) is 16.9 Å². The largest absolute Gasteiger partial charge is 0.497 e. The predicted octanol–water partition coefficient (Wildman–Crippen LogP) is 4.99. The van der Waals surface area contributed by atoms with Gasteiger partial charge in [-0.3, -0.25) is 9.59 Å². The Morgan fingerprint density at radius 3 is 2.67 bits per heavy atom. The molecule has 0 spiro atoms. The van der Waals surface area contributed by atoms with Crippen molar-refractivity contribution in [1.82, 2.24) is 4.98 Å². The van der Waals surface area contributed by atoms with Gasteiger partial charge in [0, 0.05) is 11.5 Å². The molecule has 5 rings (SSSR count). The molecule has 2 heterocycles. The first-order valence-corrected chi connectivity index (χ1v) is 11.5. The van der Waals surface area contributed by atoms with Gasteiger partial charge in [0.15, 0.2) is 0 Å². The van der Waals surface area contributed by atoms with E-state index in [-0.39, 0.29) is 24.1 Å². The highest BCUT2D eigenvalue weighted by molar-refractivity contribution is 7.99. The van der Waals surface area contributed by atoms with E-state index in [2.05, 4.69) is 17.4 Å². The number of nitrogens with one attached hydrogen (secondary N) is 1. The lowest BCUT2D eigenvalue weighted by Gasteiger charge is -2.29. The molecule has 0 atom stereocenters. The number of methoxy groups -OCH3 is 1. The number of nitrogens with zero attached hydrogens (tertiary/aromatic N) is 2. The standard InChI is InChI=1S/C26H21N3O3S/c1-32-18-11-12-19-20(17-7-3-2-4-8-17)14-25(28-22(19)13-18)33-16-26(31)29-15-24(30)27-21-9-5-6-10-23(21)29/h2-14H,15-16H2,1H3,(H,27,30). The number of fused-ring (bicyclic) bond motifs is 2. The van der Waals surface area contributed by atoms with Crippen LogP contribution in [0.2, 0.25) is 0 Å². The van der Waals surface area contributed by atoms with Crippen LogP contribution in [-0.4, -0.2) is 36.2 Å². The van der Waals surface area contributed by atoms with Crippen LogP contribution in [0.3, 0.4) is 0 Å². The van der Waals surface area contributed by atoms with E-state index in [1.54, 1.807) is 13.2 Å². The first kappa shape index (κ1) is 21.0. The maximum Gasteiger partial charge on any atom is 0.244 e. The van der Waals surface area contributed by atoms with Crippen LogP contribution >= 0.6 is 11.8 Å². The number of rotatable bonds is 5. The number of hydrogen-bond acceptors (Lipinski definition) is 5. The molecule has 164 valence electrons. The van der Waals surface area contributed by atoms with Gasteiger partial charge < -0.3 is 15.0 Å². The topological polar surface area (TPSA) is 71.5 Å². The number of amides is 2. The van der Waals surface area contributed by atoms with Gasteiger partial charge in [0.2, 0.25) is 11.8 Å². The van der Waals surface area contributed by atoms with Gasteiger partial charge in [0.25, 0.3) is 0 Å². The molecule has 1 N–H and O–H groups in total. The molecule has 1 aliphatic heterocycles. The Kier molecular flexibility index (Phi) is 5.71. The maximum atomic E-state index is 13.1. The second-order valence-electron chi connectivity index (χ2n) is 7.59. The molecule has 0 bridgehead atoms. The molecule has 1 aliphatic rings. The summed E-state index contributed by atoms with van der Waals surface area (Å²) in [6.45, 7) is 0.00796. The fourth-order valence-corrected chi connectivity index (χ4v) is 4.70. The monoisotopic (exact) mass is 455 g/mol. The van der Waals surface area contributed by atoms with Crippen LogP contribution in [0.25, 0.3) is 22.0 Å². The third-order valence-corrected chi connectivity index (χ3v) is 6.39. The van der Waals surface area contributed by atoms with E-state index in [0.717, 1.165) is 32.8 Å². The van der Waals surface area contributed by atoms with Crippen molar-refractivity contribution in [2.45, 2.75) is 5.03 Å². The van der Waals surface area contributed by atoms with Crippen LogP contribution in [0, 0.1) is 0 Å². The molecular formula is C26H21N3O3S. The van der Waals surface area contributed by atoms with Crippen LogP contribution < -0.4 is 15.0 Å². The quantitative estimate of drug-likeness (QED) is 0.430. The molecule has 0 saturated carbocycles. The maximum absolute atomic E-state index is 13.1.